The van der Waals surface area contributed by atoms with Crippen LogP contribution in [-0.4, -0.2) is 30.2 Å². The number of hydrogen-bond donors (Lipinski definition) is 0. The quantitative estimate of drug-likeness (QED) is 0.791. The molecule has 1 aromatic rings. The lowest BCUT2D eigenvalue weighted by molar-refractivity contribution is -0.130. The number of aryl methyl sites for hydroxylation is 2. The average Bonchev–Trinajstić information content (AvgIpc) is 2.51. The fraction of sp³-hybridized carbons (Fsp3) is 0.579. The predicted molar refractivity (Wildman–Crippen MR) is 91.2 cm³/mol. The molecule has 122 valence electrons. The summed E-state index contributed by atoms with van der Waals surface area (Å²) in [4.78, 5) is 23.2. The van der Waals surface area contributed by atoms with Crippen molar-refractivity contribution in [1.82, 2.24) is 4.90 Å². The highest BCUT2D eigenvalue weighted by Crippen LogP contribution is 2.15. The molecule has 3 nitrogen and oxygen atoms in total. The van der Waals surface area contributed by atoms with Crippen LogP contribution in [-0.2, 0) is 11.2 Å². The van der Waals surface area contributed by atoms with Crippen LogP contribution in [0.4, 0.5) is 0 Å². The highest BCUT2D eigenvalue weighted by atomic mass is 16.2. The van der Waals surface area contributed by atoms with Gasteiger partial charge in [0.2, 0.25) is 5.91 Å². The molecule has 1 amide bonds. The summed E-state index contributed by atoms with van der Waals surface area (Å²) < 4.78 is 0. The average molecular weight is 303 g/mol. The Morgan fingerprint density at radius 1 is 1.32 bits per heavy atom. The molecular formula is C19H29NO2. The summed E-state index contributed by atoms with van der Waals surface area (Å²) in [6.07, 6.45) is 5.45. The van der Waals surface area contributed by atoms with Gasteiger partial charge < -0.3 is 4.90 Å². The smallest absolute Gasteiger partial charge is 0.219 e. The van der Waals surface area contributed by atoms with Crippen molar-refractivity contribution in [1.29, 1.82) is 0 Å². The topological polar surface area (TPSA) is 37.4 Å². The minimum Gasteiger partial charge on any atom is -0.343 e. The second-order valence-electron chi connectivity index (χ2n) is 6.24. The zero-order chi connectivity index (χ0) is 16.5. The molecule has 0 unspecified atom stereocenters. The molecule has 0 N–H and O–H groups in total. The Kier molecular flexibility index (Phi) is 7.86. The van der Waals surface area contributed by atoms with E-state index in [1.54, 1.807) is 6.92 Å². The molecule has 0 radical (unpaired) electrons. The number of piperidine rings is 1. The van der Waals surface area contributed by atoms with E-state index in [0.717, 1.165) is 43.7 Å². The van der Waals surface area contributed by atoms with Crippen molar-refractivity contribution in [3.05, 3.63) is 34.9 Å². The van der Waals surface area contributed by atoms with Gasteiger partial charge in [-0.15, -0.1) is 0 Å². The van der Waals surface area contributed by atoms with Crippen molar-refractivity contribution in [2.75, 3.05) is 13.1 Å². The van der Waals surface area contributed by atoms with Gasteiger partial charge in [0.05, 0.1) is 0 Å². The lowest BCUT2D eigenvalue weighted by atomic mass is 9.99. The highest BCUT2D eigenvalue weighted by molar-refractivity contribution is 5.75. The summed E-state index contributed by atoms with van der Waals surface area (Å²) in [5.74, 6) is 1.04. The Morgan fingerprint density at radius 3 is 2.45 bits per heavy atom. The standard InChI is InChI=1S/C11H14O.C8H15NO/c1-3-4-11-7-10(8-12)6-5-9(11)2;1-7-3-5-9(6-4-7)8(2)10/h5-8H,3-4H2,1-2H3;7H,3-6H2,1-2H3. The number of aldehydes is 1. The van der Waals surface area contributed by atoms with Crippen LogP contribution < -0.4 is 0 Å². The summed E-state index contributed by atoms with van der Waals surface area (Å²) in [6, 6.07) is 5.85. The maximum atomic E-state index is 10.8. The van der Waals surface area contributed by atoms with Crippen LogP contribution in [0.1, 0.15) is 61.5 Å². The van der Waals surface area contributed by atoms with Crippen molar-refractivity contribution in [2.24, 2.45) is 5.92 Å². The molecule has 1 heterocycles. The molecule has 1 fully saturated rings. The van der Waals surface area contributed by atoms with Gasteiger partial charge in [-0.05, 0) is 49.3 Å². The van der Waals surface area contributed by atoms with E-state index in [9.17, 15) is 9.59 Å². The number of amides is 1. The molecule has 0 aromatic heterocycles. The van der Waals surface area contributed by atoms with Crippen molar-refractivity contribution < 1.29 is 9.59 Å². The first-order valence-electron chi connectivity index (χ1n) is 8.28. The first kappa shape index (κ1) is 18.4. The fourth-order valence-corrected chi connectivity index (χ4v) is 2.63. The summed E-state index contributed by atoms with van der Waals surface area (Å²) in [6.45, 7) is 10.1. The van der Waals surface area contributed by atoms with E-state index in [-0.39, 0.29) is 5.91 Å². The number of rotatable bonds is 3. The molecular weight excluding hydrogens is 274 g/mol. The van der Waals surface area contributed by atoms with E-state index in [0.29, 0.717) is 0 Å². The van der Waals surface area contributed by atoms with Crippen LogP contribution in [0.2, 0.25) is 0 Å². The maximum Gasteiger partial charge on any atom is 0.219 e. The summed E-state index contributed by atoms with van der Waals surface area (Å²) in [5, 5.41) is 0. The molecule has 1 saturated heterocycles. The third kappa shape index (κ3) is 6.00. The first-order chi connectivity index (χ1) is 10.5. The van der Waals surface area contributed by atoms with E-state index < -0.39 is 0 Å². The van der Waals surface area contributed by atoms with Crippen molar-refractivity contribution in [3.8, 4) is 0 Å². The summed E-state index contributed by atoms with van der Waals surface area (Å²) in [7, 11) is 0. The third-order valence-electron chi connectivity index (χ3n) is 4.26. The predicted octanol–water partition coefficient (Wildman–Crippen LogP) is 4.02. The van der Waals surface area contributed by atoms with Crippen LogP contribution in [0, 0.1) is 12.8 Å². The molecule has 3 heteroatoms. The van der Waals surface area contributed by atoms with Crippen molar-refractivity contribution in [3.63, 3.8) is 0 Å². The number of hydrogen-bond acceptors (Lipinski definition) is 2. The number of carbonyl (C=O) groups excluding carboxylic acids is 2. The summed E-state index contributed by atoms with van der Waals surface area (Å²) >= 11 is 0. The minimum absolute atomic E-state index is 0.229. The van der Waals surface area contributed by atoms with Gasteiger partial charge in [0.15, 0.2) is 0 Å². The van der Waals surface area contributed by atoms with Gasteiger partial charge >= 0.3 is 0 Å². The second-order valence-corrected chi connectivity index (χ2v) is 6.24. The van der Waals surface area contributed by atoms with Gasteiger partial charge in [-0.25, -0.2) is 0 Å². The zero-order valence-corrected chi connectivity index (χ0v) is 14.4. The lowest BCUT2D eigenvalue weighted by Crippen LogP contribution is -2.36. The first-order valence-corrected chi connectivity index (χ1v) is 8.28. The van der Waals surface area contributed by atoms with Crippen LogP contribution in [0.5, 0.6) is 0 Å². The maximum absolute atomic E-state index is 10.8. The molecule has 0 bridgehead atoms. The molecule has 0 saturated carbocycles. The highest BCUT2D eigenvalue weighted by Gasteiger charge is 2.16. The molecule has 0 aliphatic carbocycles. The van der Waals surface area contributed by atoms with E-state index >= 15 is 0 Å². The van der Waals surface area contributed by atoms with Crippen molar-refractivity contribution >= 4 is 12.2 Å². The van der Waals surface area contributed by atoms with E-state index in [1.807, 2.05) is 23.1 Å². The van der Waals surface area contributed by atoms with Gasteiger partial charge in [-0.1, -0.05) is 32.4 Å². The molecule has 0 atom stereocenters. The molecule has 1 aliphatic heterocycles. The van der Waals surface area contributed by atoms with Crippen LogP contribution in [0.3, 0.4) is 0 Å². The molecule has 0 spiro atoms. The lowest BCUT2D eigenvalue weighted by Gasteiger charge is -2.29. The summed E-state index contributed by atoms with van der Waals surface area (Å²) in [5.41, 5.74) is 3.36. The van der Waals surface area contributed by atoms with Gasteiger partial charge in [0, 0.05) is 25.6 Å². The van der Waals surface area contributed by atoms with E-state index in [2.05, 4.69) is 20.8 Å². The Hall–Kier alpha value is -1.64. The van der Waals surface area contributed by atoms with Crippen molar-refractivity contribution in [2.45, 2.75) is 53.4 Å². The SMILES string of the molecule is CC(=O)N1CCC(C)CC1.CCCc1cc(C=O)ccc1C. The zero-order valence-electron chi connectivity index (χ0n) is 14.4. The third-order valence-corrected chi connectivity index (χ3v) is 4.26. The number of likely N-dealkylation sites (tertiary alicyclic amines) is 1. The number of nitrogens with zero attached hydrogens (tertiary/aromatic N) is 1. The number of carbonyl (C=O) groups is 2. The number of benzene rings is 1. The fourth-order valence-electron chi connectivity index (χ4n) is 2.63. The van der Waals surface area contributed by atoms with Crippen LogP contribution >= 0.6 is 0 Å². The minimum atomic E-state index is 0.229. The normalized spacial score (nSPS) is 15.0. The van der Waals surface area contributed by atoms with Gasteiger partial charge in [0.1, 0.15) is 6.29 Å². The molecule has 1 aromatic carbocycles. The van der Waals surface area contributed by atoms with E-state index in [1.165, 1.54) is 24.0 Å². The second kappa shape index (κ2) is 9.39. The van der Waals surface area contributed by atoms with Gasteiger partial charge in [-0.2, -0.15) is 0 Å². The Bertz CT molecular complexity index is 488. The molecule has 22 heavy (non-hydrogen) atoms. The Morgan fingerprint density at radius 2 is 1.95 bits per heavy atom. The molecule has 2 rings (SSSR count). The largest absolute Gasteiger partial charge is 0.343 e. The van der Waals surface area contributed by atoms with Gasteiger partial charge in [0.25, 0.3) is 0 Å². The Balaban J connectivity index is 0.000000224. The van der Waals surface area contributed by atoms with Crippen LogP contribution in [0.15, 0.2) is 18.2 Å². The Labute approximate surface area is 134 Å². The monoisotopic (exact) mass is 303 g/mol. The van der Waals surface area contributed by atoms with Crippen LogP contribution in [0.25, 0.3) is 0 Å². The van der Waals surface area contributed by atoms with E-state index in [4.69, 9.17) is 0 Å². The molecule has 1 aliphatic rings. The van der Waals surface area contributed by atoms with Gasteiger partial charge in [-0.3, -0.25) is 9.59 Å².